The van der Waals surface area contributed by atoms with Gasteiger partial charge in [0.1, 0.15) is 0 Å². The van der Waals surface area contributed by atoms with Crippen LogP contribution >= 0.6 is 0 Å². The van der Waals surface area contributed by atoms with Crippen LogP contribution in [0.3, 0.4) is 0 Å². The summed E-state index contributed by atoms with van der Waals surface area (Å²) >= 11 is 0. The summed E-state index contributed by atoms with van der Waals surface area (Å²) in [6, 6.07) is -0.420. The quantitative estimate of drug-likeness (QED) is 0.526. The fourth-order valence-corrected chi connectivity index (χ4v) is 2.04. The fourth-order valence-electron chi connectivity index (χ4n) is 2.04. The first kappa shape index (κ1) is 13.8. The van der Waals surface area contributed by atoms with E-state index in [2.05, 4.69) is 10.6 Å². The second-order valence-electron chi connectivity index (χ2n) is 5.31. The maximum atomic E-state index is 12.1. The van der Waals surface area contributed by atoms with Crippen LogP contribution in [0.2, 0.25) is 0 Å². The average Bonchev–Trinajstić information content (AvgIpc) is 3.06. The number of carbonyl (C=O) groups excluding carboxylic acids is 3. The molecule has 1 heterocycles. The largest absolute Gasteiger partial charge is 0.348 e. The van der Waals surface area contributed by atoms with Crippen LogP contribution in [0.15, 0.2) is 0 Å². The summed E-state index contributed by atoms with van der Waals surface area (Å²) in [6.45, 7) is 2.90. The lowest BCUT2D eigenvalue weighted by molar-refractivity contribution is -0.886. The predicted octanol–water partition coefficient (Wildman–Crippen LogP) is -2.28. The third-order valence-electron chi connectivity index (χ3n) is 3.61. The van der Waals surface area contributed by atoms with Crippen LogP contribution in [-0.2, 0) is 9.59 Å². The van der Waals surface area contributed by atoms with Crippen molar-refractivity contribution in [3.63, 3.8) is 0 Å². The van der Waals surface area contributed by atoms with Gasteiger partial charge < -0.3 is 15.5 Å². The first-order chi connectivity index (χ1) is 8.99. The highest BCUT2D eigenvalue weighted by atomic mass is 16.2. The van der Waals surface area contributed by atoms with Gasteiger partial charge in [-0.1, -0.05) is 0 Å². The van der Waals surface area contributed by atoms with E-state index in [4.69, 9.17) is 0 Å². The molecule has 3 N–H and O–H groups in total. The van der Waals surface area contributed by atoms with E-state index in [1.165, 1.54) is 4.90 Å². The second-order valence-corrected chi connectivity index (χ2v) is 5.31. The molecular weight excluding hydrogens is 248 g/mol. The van der Waals surface area contributed by atoms with E-state index in [1.807, 2.05) is 0 Å². The molecule has 1 unspecified atom stereocenters. The van der Waals surface area contributed by atoms with Crippen molar-refractivity contribution in [1.29, 1.82) is 0 Å². The Balaban J connectivity index is 1.83. The molecule has 7 heteroatoms. The number of rotatable bonds is 5. The lowest BCUT2D eigenvalue weighted by Gasteiger charge is -2.23. The van der Waals surface area contributed by atoms with Crippen LogP contribution in [0, 0.1) is 0 Å². The molecule has 0 spiro atoms. The van der Waals surface area contributed by atoms with Crippen LogP contribution in [0.25, 0.3) is 0 Å². The van der Waals surface area contributed by atoms with Gasteiger partial charge in [-0.2, -0.15) is 0 Å². The number of nitrogens with zero attached hydrogens (tertiary/aromatic N) is 1. The van der Waals surface area contributed by atoms with Crippen LogP contribution in [0.5, 0.6) is 0 Å². The van der Waals surface area contributed by atoms with Crippen LogP contribution in [-0.4, -0.2) is 61.5 Å². The van der Waals surface area contributed by atoms with Crippen molar-refractivity contribution in [3.05, 3.63) is 0 Å². The lowest BCUT2D eigenvalue weighted by atomic mass is 10.2. The smallest absolute Gasteiger partial charge is 0.324 e. The molecule has 0 aromatic carbocycles. The van der Waals surface area contributed by atoms with Crippen molar-refractivity contribution < 1.29 is 19.3 Å². The standard InChI is InChI=1S/C12H20N4O3/c1-8(11(18)16-6-5-13-12(16)19)15(2)7-10(17)14-9-3-4-9/h8-9H,3-7H2,1-2H3,(H,13,19)(H,14,17)/p+1/t8-/m0/s1. The molecule has 2 aliphatic rings. The van der Waals surface area contributed by atoms with Gasteiger partial charge in [-0.15, -0.1) is 0 Å². The number of nitrogens with one attached hydrogen (secondary N) is 3. The summed E-state index contributed by atoms with van der Waals surface area (Å²) in [7, 11) is 1.79. The Hall–Kier alpha value is -1.63. The third-order valence-corrected chi connectivity index (χ3v) is 3.61. The molecule has 0 bridgehead atoms. The van der Waals surface area contributed by atoms with Crippen molar-refractivity contribution in [2.24, 2.45) is 0 Å². The van der Waals surface area contributed by atoms with Crippen molar-refractivity contribution >= 4 is 17.8 Å². The van der Waals surface area contributed by atoms with Crippen molar-refractivity contribution in [2.45, 2.75) is 31.8 Å². The highest BCUT2D eigenvalue weighted by Gasteiger charge is 2.34. The molecule has 7 nitrogen and oxygen atoms in total. The van der Waals surface area contributed by atoms with Crippen molar-refractivity contribution in [1.82, 2.24) is 15.5 Å². The van der Waals surface area contributed by atoms with Crippen LogP contribution in [0.1, 0.15) is 19.8 Å². The molecule has 0 radical (unpaired) electrons. The summed E-state index contributed by atoms with van der Waals surface area (Å²) in [6.07, 6.45) is 2.10. The summed E-state index contributed by atoms with van der Waals surface area (Å²) in [5.74, 6) is -0.266. The second kappa shape index (κ2) is 5.56. The van der Waals surface area contributed by atoms with Gasteiger partial charge in [0.2, 0.25) is 0 Å². The first-order valence-corrected chi connectivity index (χ1v) is 6.70. The normalized spacial score (nSPS) is 21.8. The zero-order valence-corrected chi connectivity index (χ0v) is 11.4. The maximum absolute atomic E-state index is 12.1. The number of quaternary nitrogens is 1. The van der Waals surface area contributed by atoms with E-state index in [0.717, 1.165) is 17.7 Å². The van der Waals surface area contributed by atoms with Crippen LogP contribution in [0.4, 0.5) is 4.79 Å². The number of likely N-dealkylation sites (N-methyl/N-ethyl adjacent to an activating group) is 1. The van der Waals surface area contributed by atoms with Gasteiger partial charge in [0, 0.05) is 19.1 Å². The lowest BCUT2D eigenvalue weighted by Crippen LogP contribution is -3.15. The highest BCUT2D eigenvalue weighted by Crippen LogP contribution is 2.17. The zero-order chi connectivity index (χ0) is 14.0. The molecule has 0 aromatic rings. The topological polar surface area (TPSA) is 83.0 Å². The fraction of sp³-hybridized carbons (Fsp3) is 0.750. The molecule has 1 aliphatic heterocycles. The maximum Gasteiger partial charge on any atom is 0.324 e. The molecule has 4 amide bonds. The highest BCUT2D eigenvalue weighted by molar-refractivity contribution is 5.97. The number of carbonyl (C=O) groups is 3. The van der Waals surface area contributed by atoms with E-state index in [-0.39, 0.29) is 24.4 Å². The van der Waals surface area contributed by atoms with Crippen molar-refractivity contribution in [3.8, 4) is 0 Å². The molecule has 106 valence electrons. The predicted molar refractivity (Wildman–Crippen MR) is 67.5 cm³/mol. The number of urea groups is 1. The minimum absolute atomic E-state index is 0.0366. The number of hydrogen-bond donors (Lipinski definition) is 3. The van der Waals surface area contributed by atoms with Gasteiger partial charge in [0.25, 0.3) is 11.8 Å². The molecule has 2 atom stereocenters. The van der Waals surface area contributed by atoms with E-state index >= 15 is 0 Å². The van der Waals surface area contributed by atoms with Crippen LogP contribution < -0.4 is 15.5 Å². The molecule has 1 saturated carbocycles. The molecule has 0 aromatic heterocycles. The third kappa shape index (κ3) is 3.44. The monoisotopic (exact) mass is 269 g/mol. The Morgan fingerprint density at radius 2 is 2.21 bits per heavy atom. The summed E-state index contributed by atoms with van der Waals surface area (Å²) in [5.41, 5.74) is 0. The Morgan fingerprint density at radius 3 is 2.74 bits per heavy atom. The average molecular weight is 269 g/mol. The Morgan fingerprint density at radius 1 is 1.53 bits per heavy atom. The van der Waals surface area contributed by atoms with E-state index < -0.39 is 6.04 Å². The van der Waals surface area contributed by atoms with Gasteiger partial charge in [-0.3, -0.25) is 14.5 Å². The minimum Gasteiger partial charge on any atom is -0.348 e. The molecular formula is C12H21N4O3+. The number of amides is 4. The van der Waals surface area contributed by atoms with E-state index in [0.29, 0.717) is 19.1 Å². The Kier molecular flexibility index (Phi) is 4.04. The molecule has 2 rings (SSSR count). The Labute approximate surface area is 112 Å². The molecule has 2 fully saturated rings. The molecule has 19 heavy (non-hydrogen) atoms. The number of hydrogen-bond acceptors (Lipinski definition) is 3. The summed E-state index contributed by atoms with van der Waals surface area (Å²) in [4.78, 5) is 37.2. The van der Waals surface area contributed by atoms with Gasteiger partial charge in [-0.05, 0) is 19.8 Å². The summed E-state index contributed by atoms with van der Waals surface area (Å²) < 4.78 is 0. The van der Waals surface area contributed by atoms with Gasteiger partial charge in [0.05, 0.1) is 7.05 Å². The van der Waals surface area contributed by atoms with Gasteiger partial charge >= 0.3 is 6.03 Å². The van der Waals surface area contributed by atoms with Gasteiger partial charge in [-0.25, -0.2) is 4.79 Å². The van der Waals surface area contributed by atoms with Crippen molar-refractivity contribution in [2.75, 3.05) is 26.7 Å². The van der Waals surface area contributed by atoms with E-state index in [1.54, 1.807) is 14.0 Å². The van der Waals surface area contributed by atoms with Gasteiger partial charge in [0.15, 0.2) is 12.6 Å². The SMILES string of the molecule is C[C@@H](C(=O)N1CCNC1=O)[NH+](C)CC(=O)NC1CC1. The van der Waals surface area contributed by atoms with E-state index in [9.17, 15) is 14.4 Å². The molecule has 1 saturated heterocycles. The Bertz CT molecular complexity index is 394. The first-order valence-electron chi connectivity index (χ1n) is 6.70. The zero-order valence-electron chi connectivity index (χ0n) is 11.4. The number of imide groups is 1. The minimum atomic E-state index is -0.409. The molecule has 1 aliphatic carbocycles. The summed E-state index contributed by atoms with van der Waals surface area (Å²) in [5, 5.41) is 5.49.